The molecule has 5 nitrogen and oxygen atoms in total. The van der Waals surface area contributed by atoms with Gasteiger partial charge in [0, 0.05) is 12.1 Å². The van der Waals surface area contributed by atoms with Crippen LogP contribution in [0.1, 0.15) is 29.9 Å². The summed E-state index contributed by atoms with van der Waals surface area (Å²) in [5.41, 5.74) is 8.68. The molecule has 0 spiro atoms. The number of nitrogens with zero attached hydrogens (tertiary/aromatic N) is 3. The van der Waals surface area contributed by atoms with Crippen molar-refractivity contribution in [2.45, 2.75) is 18.8 Å². The Labute approximate surface area is 136 Å². The number of hydrogen-bond acceptors (Lipinski definition) is 5. The molecular weight excluding hydrogens is 288 g/mol. The van der Waals surface area contributed by atoms with Gasteiger partial charge in [-0.2, -0.15) is 5.26 Å². The number of phenols is 1. The molecule has 1 aliphatic heterocycles. The molecule has 0 radical (unpaired) electrons. The number of likely N-dealkylation sites (N-methyl/N-ethyl adjacent to an activating group) is 1. The molecule has 1 fully saturated rings. The second-order valence-electron chi connectivity index (χ2n) is 6.09. The van der Waals surface area contributed by atoms with Crippen LogP contribution in [0, 0.1) is 11.3 Å². The van der Waals surface area contributed by atoms with E-state index in [1.54, 1.807) is 18.2 Å². The highest BCUT2D eigenvalue weighted by Gasteiger charge is 2.24. The zero-order valence-electron chi connectivity index (χ0n) is 13.2. The number of phenolic OH excluding ortho intramolecular Hbond substituents is 1. The van der Waals surface area contributed by atoms with Crippen LogP contribution >= 0.6 is 0 Å². The summed E-state index contributed by atoms with van der Waals surface area (Å²) in [5, 5.41) is 19.5. The molecule has 0 saturated carbocycles. The van der Waals surface area contributed by atoms with Crippen molar-refractivity contribution in [1.29, 1.82) is 5.26 Å². The number of nitrogen functional groups attached to an aromatic ring is 1. The van der Waals surface area contributed by atoms with E-state index in [4.69, 9.17) is 5.73 Å². The first-order valence-corrected chi connectivity index (χ1v) is 7.77. The van der Waals surface area contributed by atoms with Crippen molar-refractivity contribution in [3.63, 3.8) is 0 Å². The third kappa shape index (κ3) is 2.99. The summed E-state index contributed by atoms with van der Waals surface area (Å²) in [6.45, 7) is 1.98. The normalized spacial score (nSPS) is 18.5. The molecule has 5 heteroatoms. The first-order chi connectivity index (χ1) is 11.1. The summed E-state index contributed by atoms with van der Waals surface area (Å²) in [7, 11) is 2.09. The molecule has 3 N–H and O–H groups in total. The molecule has 1 aromatic heterocycles. The predicted molar refractivity (Wildman–Crippen MR) is 89.9 cm³/mol. The summed E-state index contributed by atoms with van der Waals surface area (Å²) in [5.74, 6) is 0.658. The van der Waals surface area contributed by atoms with Gasteiger partial charge in [0.2, 0.25) is 0 Å². The van der Waals surface area contributed by atoms with Gasteiger partial charge < -0.3 is 15.7 Å². The van der Waals surface area contributed by atoms with Crippen LogP contribution in [0.25, 0.3) is 11.3 Å². The lowest BCUT2D eigenvalue weighted by molar-refractivity contribution is 0.250. The lowest BCUT2D eigenvalue weighted by Crippen LogP contribution is -2.31. The van der Waals surface area contributed by atoms with Crippen LogP contribution in [-0.2, 0) is 0 Å². The highest BCUT2D eigenvalue weighted by Crippen LogP contribution is 2.35. The molecule has 0 amide bonds. The van der Waals surface area contributed by atoms with Crippen molar-refractivity contribution in [3.05, 3.63) is 41.5 Å². The van der Waals surface area contributed by atoms with E-state index >= 15 is 0 Å². The SMILES string of the molecule is CN1CCCC(c2cc(-c3ccccc3O)nc(N)c2C#N)C1. The fraction of sp³-hybridized carbons (Fsp3) is 0.333. The van der Waals surface area contributed by atoms with E-state index in [0.29, 0.717) is 16.8 Å². The Morgan fingerprint density at radius 3 is 2.87 bits per heavy atom. The van der Waals surface area contributed by atoms with Gasteiger partial charge in [0.25, 0.3) is 0 Å². The van der Waals surface area contributed by atoms with Gasteiger partial charge in [-0.25, -0.2) is 4.98 Å². The molecule has 1 unspecified atom stereocenters. The monoisotopic (exact) mass is 308 g/mol. The Hall–Kier alpha value is -2.58. The van der Waals surface area contributed by atoms with Crippen molar-refractivity contribution in [2.75, 3.05) is 25.9 Å². The third-order valence-electron chi connectivity index (χ3n) is 4.43. The van der Waals surface area contributed by atoms with Gasteiger partial charge in [-0.05, 0) is 56.1 Å². The first kappa shape index (κ1) is 15.3. The van der Waals surface area contributed by atoms with Crippen LogP contribution in [0.2, 0.25) is 0 Å². The standard InChI is InChI=1S/C18H20N4O/c1-22-8-4-5-12(11-22)14-9-16(21-18(20)15(14)10-19)13-6-2-3-7-17(13)23/h2-3,6-7,9,12,23H,4-5,8,11H2,1H3,(H2,20,21). The Morgan fingerprint density at radius 1 is 1.39 bits per heavy atom. The van der Waals surface area contributed by atoms with Crippen LogP contribution in [0.15, 0.2) is 30.3 Å². The molecule has 0 aliphatic carbocycles. The zero-order chi connectivity index (χ0) is 16.4. The average molecular weight is 308 g/mol. The van der Waals surface area contributed by atoms with Gasteiger partial charge in [-0.15, -0.1) is 0 Å². The summed E-state index contributed by atoms with van der Waals surface area (Å²) in [6, 6.07) is 11.2. The van der Waals surface area contributed by atoms with Crippen molar-refractivity contribution in [2.24, 2.45) is 0 Å². The lowest BCUT2D eigenvalue weighted by atomic mass is 9.87. The molecule has 2 heterocycles. The number of para-hydroxylation sites is 1. The van der Waals surface area contributed by atoms with Crippen LogP contribution in [-0.4, -0.2) is 35.1 Å². The smallest absolute Gasteiger partial charge is 0.142 e. The molecule has 1 aliphatic rings. The van der Waals surface area contributed by atoms with Crippen molar-refractivity contribution in [3.8, 4) is 23.1 Å². The Bertz CT molecular complexity index is 766. The number of piperidine rings is 1. The third-order valence-corrected chi connectivity index (χ3v) is 4.43. The second kappa shape index (κ2) is 6.27. The van der Waals surface area contributed by atoms with Gasteiger partial charge in [0.1, 0.15) is 17.6 Å². The number of nitrogens with two attached hydrogens (primary N) is 1. The Morgan fingerprint density at radius 2 is 2.17 bits per heavy atom. The van der Waals surface area contributed by atoms with Crippen LogP contribution in [0.4, 0.5) is 5.82 Å². The highest BCUT2D eigenvalue weighted by atomic mass is 16.3. The lowest BCUT2D eigenvalue weighted by Gasteiger charge is -2.30. The molecular formula is C18H20N4O. The van der Waals surface area contributed by atoms with E-state index in [9.17, 15) is 10.4 Å². The number of aromatic hydroxyl groups is 1. The highest BCUT2D eigenvalue weighted by molar-refractivity contribution is 5.71. The van der Waals surface area contributed by atoms with Crippen molar-refractivity contribution in [1.82, 2.24) is 9.88 Å². The minimum atomic E-state index is 0.163. The van der Waals surface area contributed by atoms with Crippen LogP contribution < -0.4 is 5.73 Å². The summed E-state index contributed by atoms with van der Waals surface area (Å²) < 4.78 is 0. The number of benzene rings is 1. The first-order valence-electron chi connectivity index (χ1n) is 7.77. The minimum Gasteiger partial charge on any atom is -0.507 e. The summed E-state index contributed by atoms with van der Waals surface area (Å²) in [6.07, 6.45) is 2.13. The molecule has 118 valence electrons. The van der Waals surface area contributed by atoms with Crippen LogP contribution in [0.5, 0.6) is 5.75 Å². The van der Waals surface area contributed by atoms with E-state index in [1.807, 2.05) is 12.1 Å². The van der Waals surface area contributed by atoms with E-state index in [1.165, 1.54) is 0 Å². The number of aromatic nitrogens is 1. The van der Waals surface area contributed by atoms with E-state index in [2.05, 4.69) is 23.0 Å². The second-order valence-corrected chi connectivity index (χ2v) is 6.09. The molecule has 2 aromatic rings. The minimum absolute atomic E-state index is 0.163. The number of anilines is 1. The number of nitriles is 1. The van der Waals surface area contributed by atoms with Gasteiger partial charge in [0.05, 0.1) is 11.3 Å². The molecule has 3 rings (SSSR count). The molecule has 1 aromatic carbocycles. The van der Waals surface area contributed by atoms with E-state index in [-0.39, 0.29) is 17.5 Å². The summed E-state index contributed by atoms with van der Waals surface area (Å²) >= 11 is 0. The fourth-order valence-electron chi connectivity index (χ4n) is 3.28. The summed E-state index contributed by atoms with van der Waals surface area (Å²) in [4.78, 5) is 6.60. The van der Waals surface area contributed by atoms with Gasteiger partial charge in [0.15, 0.2) is 0 Å². The maximum atomic E-state index is 10.1. The molecule has 1 saturated heterocycles. The molecule has 1 atom stereocenters. The quantitative estimate of drug-likeness (QED) is 0.891. The van der Waals surface area contributed by atoms with Crippen molar-refractivity contribution < 1.29 is 5.11 Å². The van der Waals surface area contributed by atoms with E-state index < -0.39 is 0 Å². The maximum Gasteiger partial charge on any atom is 0.142 e. The Kier molecular flexibility index (Phi) is 4.18. The number of pyridine rings is 1. The van der Waals surface area contributed by atoms with Crippen molar-refractivity contribution >= 4 is 5.82 Å². The largest absolute Gasteiger partial charge is 0.507 e. The molecule has 0 bridgehead atoms. The van der Waals surface area contributed by atoms with Gasteiger partial charge >= 0.3 is 0 Å². The molecule has 23 heavy (non-hydrogen) atoms. The average Bonchev–Trinajstić information content (AvgIpc) is 2.54. The predicted octanol–water partition coefficient (Wildman–Crippen LogP) is 2.72. The Balaban J connectivity index is 2.11. The zero-order valence-corrected chi connectivity index (χ0v) is 13.2. The topological polar surface area (TPSA) is 86.2 Å². The van der Waals surface area contributed by atoms with Gasteiger partial charge in [-0.3, -0.25) is 0 Å². The maximum absolute atomic E-state index is 10.1. The van der Waals surface area contributed by atoms with E-state index in [0.717, 1.165) is 31.5 Å². The van der Waals surface area contributed by atoms with Crippen LogP contribution in [0.3, 0.4) is 0 Å². The number of likely N-dealkylation sites (tertiary alicyclic amines) is 1. The van der Waals surface area contributed by atoms with Gasteiger partial charge in [-0.1, -0.05) is 12.1 Å². The number of hydrogen-bond donors (Lipinski definition) is 2. The fourth-order valence-corrected chi connectivity index (χ4v) is 3.28. The number of rotatable bonds is 2.